The predicted molar refractivity (Wildman–Crippen MR) is 80.1 cm³/mol. The molecule has 1 aromatic carbocycles. The van der Waals surface area contributed by atoms with Gasteiger partial charge in [0.1, 0.15) is 5.75 Å². The van der Waals surface area contributed by atoms with Crippen molar-refractivity contribution in [2.45, 2.75) is 26.7 Å². The van der Waals surface area contributed by atoms with Crippen molar-refractivity contribution in [2.24, 2.45) is 11.8 Å². The fourth-order valence-electron chi connectivity index (χ4n) is 3.24. The number of hydrogen-bond acceptors (Lipinski definition) is 3. The summed E-state index contributed by atoms with van der Waals surface area (Å²) in [7, 11) is 1.59. The number of methoxy groups -OCH3 is 1. The van der Waals surface area contributed by atoms with Gasteiger partial charge in [-0.3, -0.25) is 14.5 Å². The van der Waals surface area contributed by atoms with E-state index < -0.39 is 0 Å². The normalized spacial score (nSPS) is 25.4. The summed E-state index contributed by atoms with van der Waals surface area (Å²) < 4.78 is 5.11. The number of fused-ring (bicyclic) bond motifs is 1. The lowest BCUT2D eigenvalue weighted by Gasteiger charge is -2.23. The van der Waals surface area contributed by atoms with E-state index in [9.17, 15) is 9.59 Å². The standard InChI is InChI=1S/C17H19NO3/c1-10-8-14-15(9-11(10)2)17(20)18(16(14)19)12-4-6-13(21-3)7-5-12/h4-7,14-15H,8-9H2,1-3H3/t14-,15+. The zero-order valence-electron chi connectivity index (χ0n) is 12.6. The van der Waals surface area contributed by atoms with E-state index in [-0.39, 0.29) is 23.7 Å². The Morgan fingerprint density at radius 1 is 0.952 bits per heavy atom. The second-order valence-corrected chi connectivity index (χ2v) is 5.89. The van der Waals surface area contributed by atoms with Crippen molar-refractivity contribution in [1.29, 1.82) is 0 Å². The number of carbonyl (C=O) groups excluding carboxylic acids is 2. The summed E-state index contributed by atoms with van der Waals surface area (Å²) in [5.74, 6) is 0.194. The van der Waals surface area contributed by atoms with E-state index in [0.29, 0.717) is 24.3 Å². The minimum absolute atomic E-state index is 0.0676. The lowest BCUT2D eigenvalue weighted by molar-refractivity contribution is -0.122. The zero-order chi connectivity index (χ0) is 15.1. The molecule has 0 bridgehead atoms. The van der Waals surface area contributed by atoms with Crippen LogP contribution in [0.5, 0.6) is 5.75 Å². The third-order valence-corrected chi connectivity index (χ3v) is 4.67. The van der Waals surface area contributed by atoms with Crippen LogP contribution in [0.2, 0.25) is 0 Å². The molecule has 1 aliphatic heterocycles. The summed E-state index contributed by atoms with van der Waals surface area (Å²) in [6, 6.07) is 7.07. The Hall–Kier alpha value is -2.10. The van der Waals surface area contributed by atoms with Gasteiger partial charge in [0.05, 0.1) is 24.6 Å². The molecule has 1 heterocycles. The summed E-state index contributed by atoms with van der Waals surface area (Å²) in [4.78, 5) is 26.6. The summed E-state index contributed by atoms with van der Waals surface area (Å²) in [5, 5.41) is 0. The van der Waals surface area contributed by atoms with Crippen molar-refractivity contribution in [3.8, 4) is 5.75 Å². The van der Waals surface area contributed by atoms with Gasteiger partial charge in [-0.1, -0.05) is 11.1 Å². The van der Waals surface area contributed by atoms with E-state index in [2.05, 4.69) is 13.8 Å². The van der Waals surface area contributed by atoms with Crippen LogP contribution >= 0.6 is 0 Å². The minimum Gasteiger partial charge on any atom is -0.497 e. The maximum atomic E-state index is 12.6. The molecule has 1 fully saturated rings. The summed E-state index contributed by atoms with van der Waals surface area (Å²) in [6.45, 7) is 4.11. The van der Waals surface area contributed by atoms with Crippen molar-refractivity contribution in [2.75, 3.05) is 12.0 Å². The number of imide groups is 1. The Morgan fingerprint density at radius 2 is 1.43 bits per heavy atom. The van der Waals surface area contributed by atoms with E-state index >= 15 is 0 Å². The highest BCUT2D eigenvalue weighted by molar-refractivity contribution is 6.22. The van der Waals surface area contributed by atoms with Crippen LogP contribution in [0.4, 0.5) is 5.69 Å². The molecule has 1 saturated heterocycles. The molecule has 110 valence electrons. The molecule has 0 unspecified atom stereocenters. The fraction of sp³-hybridized carbons (Fsp3) is 0.412. The molecular weight excluding hydrogens is 266 g/mol. The number of carbonyl (C=O) groups is 2. The smallest absolute Gasteiger partial charge is 0.238 e. The number of hydrogen-bond donors (Lipinski definition) is 0. The Bertz CT molecular complexity index is 598. The molecule has 0 saturated carbocycles. The number of allylic oxidation sites excluding steroid dienone is 2. The third kappa shape index (κ3) is 2.15. The lowest BCUT2D eigenvalue weighted by atomic mass is 9.78. The molecule has 0 aromatic heterocycles. The minimum atomic E-state index is -0.191. The molecule has 2 atom stereocenters. The third-order valence-electron chi connectivity index (χ3n) is 4.67. The number of anilines is 1. The number of benzene rings is 1. The van der Waals surface area contributed by atoms with Gasteiger partial charge in [0, 0.05) is 0 Å². The van der Waals surface area contributed by atoms with Crippen molar-refractivity contribution < 1.29 is 14.3 Å². The summed E-state index contributed by atoms with van der Waals surface area (Å²) in [5.41, 5.74) is 3.12. The molecule has 4 heteroatoms. The van der Waals surface area contributed by atoms with E-state index in [4.69, 9.17) is 4.74 Å². The largest absolute Gasteiger partial charge is 0.497 e. The molecule has 2 aliphatic rings. The Morgan fingerprint density at radius 3 is 1.86 bits per heavy atom. The van der Waals surface area contributed by atoms with Crippen molar-refractivity contribution in [3.05, 3.63) is 35.4 Å². The molecule has 2 amide bonds. The Balaban J connectivity index is 1.92. The van der Waals surface area contributed by atoms with Crippen LogP contribution in [-0.4, -0.2) is 18.9 Å². The first-order chi connectivity index (χ1) is 10.0. The molecule has 4 nitrogen and oxygen atoms in total. The van der Waals surface area contributed by atoms with Gasteiger partial charge in [0.2, 0.25) is 11.8 Å². The van der Waals surface area contributed by atoms with Crippen LogP contribution in [0, 0.1) is 11.8 Å². The van der Waals surface area contributed by atoms with Gasteiger partial charge in [-0.25, -0.2) is 0 Å². The molecule has 0 radical (unpaired) electrons. The summed E-state index contributed by atoms with van der Waals surface area (Å²) >= 11 is 0. The molecule has 0 N–H and O–H groups in total. The van der Waals surface area contributed by atoms with Crippen LogP contribution in [0.3, 0.4) is 0 Å². The van der Waals surface area contributed by atoms with Gasteiger partial charge in [-0.05, 0) is 51.0 Å². The van der Waals surface area contributed by atoms with E-state index in [1.807, 2.05) is 0 Å². The second-order valence-electron chi connectivity index (χ2n) is 5.89. The fourth-order valence-corrected chi connectivity index (χ4v) is 3.24. The maximum Gasteiger partial charge on any atom is 0.238 e. The average molecular weight is 285 g/mol. The molecule has 1 aromatic rings. The first-order valence-corrected chi connectivity index (χ1v) is 7.20. The highest BCUT2D eigenvalue weighted by Crippen LogP contribution is 2.42. The van der Waals surface area contributed by atoms with Crippen molar-refractivity contribution >= 4 is 17.5 Å². The SMILES string of the molecule is COc1ccc(N2C(=O)[C@H]3CC(C)=C(C)C[C@H]3C2=O)cc1. The number of rotatable bonds is 2. The quantitative estimate of drug-likeness (QED) is 0.620. The molecule has 1 aliphatic carbocycles. The molecule has 0 spiro atoms. The van der Waals surface area contributed by atoms with E-state index in [0.717, 1.165) is 0 Å². The molecule has 3 rings (SSSR count). The second kappa shape index (κ2) is 5.02. The first kappa shape index (κ1) is 13.9. The van der Waals surface area contributed by atoms with E-state index in [1.54, 1.807) is 31.4 Å². The van der Waals surface area contributed by atoms with Gasteiger partial charge < -0.3 is 4.74 Å². The number of nitrogens with zero attached hydrogens (tertiary/aromatic N) is 1. The van der Waals surface area contributed by atoms with Crippen LogP contribution in [-0.2, 0) is 9.59 Å². The molecular formula is C17H19NO3. The van der Waals surface area contributed by atoms with Crippen LogP contribution in [0.25, 0.3) is 0 Å². The first-order valence-electron chi connectivity index (χ1n) is 7.20. The van der Waals surface area contributed by atoms with E-state index in [1.165, 1.54) is 16.0 Å². The van der Waals surface area contributed by atoms with Gasteiger partial charge in [0.25, 0.3) is 0 Å². The Kier molecular flexibility index (Phi) is 3.32. The van der Waals surface area contributed by atoms with Crippen molar-refractivity contribution in [1.82, 2.24) is 0 Å². The lowest BCUT2D eigenvalue weighted by Crippen LogP contribution is -2.30. The predicted octanol–water partition coefficient (Wildman–Crippen LogP) is 2.93. The van der Waals surface area contributed by atoms with Gasteiger partial charge in [-0.15, -0.1) is 0 Å². The van der Waals surface area contributed by atoms with Gasteiger partial charge >= 0.3 is 0 Å². The van der Waals surface area contributed by atoms with Gasteiger partial charge in [0.15, 0.2) is 0 Å². The van der Waals surface area contributed by atoms with Crippen molar-refractivity contribution in [3.63, 3.8) is 0 Å². The van der Waals surface area contributed by atoms with Gasteiger partial charge in [-0.2, -0.15) is 0 Å². The highest BCUT2D eigenvalue weighted by Gasteiger charge is 2.49. The number of ether oxygens (including phenoxy) is 1. The Labute approximate surface area is 124 Å². The molecule has 21 heavy (non-hydrogen) atoms. The maximum absolute atomic E-state index is 12.6. The highest BCUT2D eigenvalue weighted by atomic mass is 16.5. The summed E-state index contributed by atoms with van der Waals surface area (Å²) in [6.07, 6.45) is 1.40. The van der Waals surface area contributed by atoms with Crippen LogP contribution in [0.15, 0.2) is 35.4 Å². The monoisotopic (exact) mass is 285 g/mol. The zero-order valence-corrected chi connectivity index (χ0v) is 12.6. The van der Waals surface area contributed by atoms with Crippen LogP contribution in [0.1, 0.15) is 26.7 Å². The van der Waals surface area contributed by atoms with Crippen LogP contribution < -0.4 is 9.64 Å². The average Bonchev–Trinajstić information content (AvgIpc) is 2.72. The number of amides is 2. The topological polar surface area (TPSA) is 46.6 Å².